The fourth-order valence-corrected chi connectivity index (χ4v) is 5.15. The SMILES string of the molecule is CCSc1ncc(CN2CCC3(CC2)CC(O)CN(Cc2ccn[nH]2)C3)cn1. The maximum atomic E-state index is 10.5. The van der Waals surface area contributed by atoms with Crippen LogP contribution in [0, 0.1) is 5.41 Å². The van der Waals surface area contributed by atoms with Crippen molar-refractivity contribution >= 4 is 11.8 Å². The van der Waals surface area contributed by atoms with E-state index in [4.69, 9.17) is 0 Å². The molecule has 2 saturated heterocycles. The van der Waals surface area contributed by atoms with Crippen LogP contribution in [0.15, 0.2) is 29.8 Å². The molecule has 28 heavy (non-hydrogen) atoms. The minimum Gasteiger partial charge on any atom is -0.392 e. The zero-order valence-corrected chi connectivity index (χ0v) is 17.4. The van der Waals surface area contributed by atoms with Crippen molar-refractivity contribution < 1.29 is 5.11 Å². The lowest BCUT2D eigenvalue weighted by molar-refractivity contribution is -0.0450. The van der Waals surface area contributed by atoms with Gasteiger partial charge >= 0.3 is 0 Å². The van der Waals surface area contributed by atoms with E-state index in [-0.39, 0.29) is 11.5 Å². The third-order valence-electron chi connectivity index (χ3n) is 5.93. The first-order valence-corrected chi connectivity index (χ1v) is 11.2. The van der Waals surface area contributed by atoms with Gasteiger partial charge in [0, 0.05) is 56.0 Å². The maximum Gasteiger partial charge on any atom is 0.187 e. The zero-order valence-electron chi connectivity index (χ0n) is 16.5. The summed E-state index contributed by atoms with van der Waals surface area (Å²) in [7, 11) is 0. The number of piperidine rings is 2. The molecule has 2 aliphatic rings. The number of rotatable bonds is 6. The normalized spacial score (nSPS) is 23.3. The molecule has 2 aliphatic heterocycles. The fourth-order valence-electron chi connectivity index (χ4n) is 4.63. The number of aromatic nitrogens is 4. The molecule has 4 rings (SSSR count). The zero-order chi connectivity index (χ0) is 19.4. The highest BCUT2D eigenvalue weighted by molar-refractivity contribution is 7.99. The van der Waals surface area contributed by atoms with Crippen LogP contribution in [0.4, 0.5) is 0 Å². The highest BCUT2D eigenvalue weighted by Crippen LogP contribution is 2.40. The molecule has 0 amide bonds. The second-order valence-electron chi connectivity index (χ2n) is 8.19. The van der Waals surface area contributed by atoms with E-state index in [0.717, 1.165) is 75.1 Å². The highest BCUT2D eigenvalue weighted by atomic mass is 32.2. The van der Waals surface area contributed by atoms with Crippen molar-refractivity contribution in [2.45, 2.75) is 50.5 Å². The third-order valence-corrected chi connectivity index (χ3v) is 6.68. The number of aliphatic hydroxyl groups excluding tert-OH is 1. The van der Waals surface area contributed by atoms with E-state index in [1.54, 1.807) is 18.0 Å². The van der Waals surface area contributed by atoms with Crippen LogP contribution < -0.4 is 0 Å². The summed E-state index contributed by atoms with van der Waals surface area (Å²) in [6.07, 6.45) is 8.67. The number of nitrogens with one attached hydrogen (secondary N) is 1. The van der Waals surface area contributed by atoms with Gasteiger partial charge in [-0.2, -0.15) is 5.10 Å². The molecular weight excluding hydrogens is 372 g/mol. The number of β-amino-alcohol motifs (C(OH)–C–C–N with tert-alkyl or cyclic N) is 1. The Hall–Kier alpha value is -1.48. The Labute approximate surface area is 170 Å². The van der Waals surface area contributed by atoms with Crippen molar-refractivity contribution in [1.29, 1.82) is 0 Å². The molecule has 2 aromatic heterocycles. The first-order chi connectivity index (χ1) is 13.6. The highest BCUT2D eigenvalue weighted by Gasteiger charge is 2.41. The van der Waals surface area contributed by atoms with Gasteiger partial charge in [0.05, 0.1) is 6.10 Å². The molecule has 0 bridgehead atoms. The summed E-state index contributed by atoms with van der Waals surface area (Å²) in [4.78, 5) is 13.8. The van der Waals surface area contributed by atoms with Gasteiger partial charge in [0.25, 0.3) is 0 Å². The first kappa shape index (κ1) is 19.8. The molecule has 8 heteroatoms. The summed E-state index contributed by atoms with van der Waals surface area (Å²) in [6.45, 7) is 7.80. The van der Waals surface area contributed by atoms with Crippen LogP contribution in [0.3, 0.4) is 0 Å². The standard InChI is InChI=1S/C20H30N6OS/c1-2-28-19-21-10-16(11-22-19)12-25-7-4-20(5-8-25)9-18(27)14-26(15-20)13-17-3-6-23-24-17/h3,6,10-11,18,27H,2,4-5,7-9,12-15H2,1H3,(H,23,24). The Balaban J connectivity index is 1.31. The van der Waals surface area contributed by atoms with Gasteiger partial charge < -0.3 is 5.11 Å². The quantitative estimate of drug-likeness (QED) is 0.566. The lowest BCUT2D eigenvalue weighted by Crippen LogP contribution is -2.53. The molecule has 1 unspecified atom stereocenters. The average molecular weight is 403 g/mol. The molecule has 2 aromatic rings. The Kier molecular flexibility index (Phi) is 6.30. The minimum atomic E-state index is -0.236. The molecule has 4 heterocycles. The number of nitrogens with zero attached hydrogens (tertiary/aromatic N) is 5. The van der Waals surface area contributed by atoms with E-state index in [1.165, 1.54) is 5.56 Å². The lowest BCUT2D eigenvalue weighted by atomic mass is 9.71. The van der Waals surface area contributed by atoms with Crippen LogP contribution in [-0.4, -0.2) is 73.1 Å². The lowest BCUT2D eigenvalue weighted by Gasteiger charge is -2.49. The Morgan fingerprint density at radius 2 is 2.00 bits per heavy atom. The van der Waals surface area contributed by atoms with E-state index < -0.39 is 0 Å². The maximum absolute atomic E-state index is 10.5. The molecule has 1 spiro atoms. The predicted molar refractivity (Wildman–Crippen MR) is 110 cm³/mol. The summed E-state index contributed by atoms with van der Waals surface area (Å²) >= 11 is 1.68. The van der Waals surface area contributed by atoms with E-state index in [9.17, 15) is 5.11 Å². The summed E-state index contributed by atoms with van der Waals surface area (Å²) in [6, 6.07) is 2.02. The second kappa shape index (κ2) is 8.90. The van der Waals surface area contributed by atoms with E-state index >= 15 is 0 Å². The van der Waals surface area contributed by atoms with Gasteiger partial charge in [-0.3, -0.25) is 14.9 Å². The topological polar surface area (TPSA) is 81.2 Å². The van der Waals surface area contributed by atoms with Crippen LogP contribution in [0.2, 0.25) is 0 Å². The van der Waals surface area contributed by atoms with Crippen molar-refractivity contribution in [3.63, 3.8) is 0 Å². The molecule has 152 valence electrons. The van der Waals surface area contributed by atoms with Gasteiger partial charge in [0.1, 0.15) is 0 Å². The van der Waals surface area contributed by atoms with Gasteiger partial charge in [-0.05, 0) is 49.6 Å². The first-order valence-electron chi connectivity index (χ1n) is 10.2. The molecule has 1 atom stereocenters. The number of likely N-dealkylation sites (tertiary alicyclic amines) is 2. The van der Waals surface area contributed by atoms with Crippen LogP contribution in [0.5, 0.6) is 0 Å². The molecule has 2 fully saturated rings. The molecule has 0 saturated carbocycles. The van der Waals surface area contributed by atoms with Gasteiger partial charge in [-0.25, -0.2) is 9.97 Å². The Morgan fingerprint density at radius 1 is 1.21 bits per heavy atom. The number of H-pyrrole nitrogens is 1. The second-order valence-corrected chi connectivity index (χ2v) is 9.42. The van der Waals surface area contributed by atoms with Crippen LogP contribution in [-0.2, 0) is 13.1 Å². The number of aromatic amines is 1. The van der Waals surface area contributed by atoms with Gasteiger partial charge in [0.2, 0.25) is 0 Å². The number of thioether (sulfide) groups is 1. The molecule has 0 radical (unpaired) electrons. The van der Waals surface area contributed by atoms with Crippen molar-refractivity contribution in [3.05, 3.63) is 35.9 Å². The minimum absolute atomic E-state index is 0.228. The molecule has 7 nitrogen and oxygen atoms in total. The van der Waals surface area contributed by atoms with Gasteiger partial charge in [0.15, 0.2) is 5.16 Å². The van der Waals surface area contributed by atoms with Crippen molar-refractivity contribution in [2.75, 3.05) is 31.9 Å². The fraction of sp³-hybridized carbons (Fsp3) is 0.650. The van der Waals surface area contributed by atoms with Gasteiger partial charge in [-0.15, -0.1) is 0 Å². The molecule has 2 N–H and O–H groups in total. The Morgan fingerprint density at radius 3 is 2.68 bits per heavy atom. The number of hydrogen-bond acceptors (Lipinski definition) is 7. The third kappa shape index (κ3) is 4.92. The van der Waals surface area contributed by atoms with Crippen molar-refractivity contribution in [2.24, 2.45) is 5.41 Å². The summed E-state index contributed by atoms with van der Waals surface area (Å²) in [5.74, 6) is 0.997. The molecular formula is C20H30N6OS. The summed E-state index contributed by atoms with van der Waals surface area (Å²) in [5, 5.41) is 18.4. The molecule has 0 aliphatic carbocycles. The van der Waals surface area contributed by atoms with Crippen LogP contribution in [0.25, 0.3) is 0 Å². The van der Waals surface area contributed by atoms with Crippen molar-refractivity contribution in [3.8, 4) is 0 Å². The number of hydrogen-bond donors (Lipinski definition) is 2. The van der Waals surface area contributed by atoms with Crippen LogP contribution >= 0.6 is 11.8 Å². The van der Waals surface area contributed by atoms with Gasteiger partial charge in [-0.1, -0.05) is 18.7 Å². The number of aliphatic hydroxyl groups is 1. The summed E-state index contributed by atoms with van der Waals surface area (Å²) < 4.78 is 0. The van der Waals surface area contributed by atoms with E-state index in [1.807, 2.05) is 18.5 Å². The van der Waals surface area contributed by atoms with E-state index in [2.05, 4.69) is 36.9 Å². The Bertz CT molecular complexity index is 730. The average Bonchev–Trinajstić information content (AvgIpc) is 3.18. The van der Waals surface area contributed by atoms with Crippen molar-refractivity contribution in [1.82, 2.24) is 30.0 Å². The van der Waals surface area contributed by atoms with E-state index in [0.29, 0.717) is 0 Å². The molecule has 0 aromatic carbocycles. The smallest absolute Gasteiger partial charge is 0.187 e. The summed E-state index contributed by atoms with van der Waals surface area (Å²) in [5.41, 5.74) is 2.53. The largest absolute Gasteiger partial charge is 0.392 e. The predicted octanol–water partition coefficient (Wildman–Crippen LogP) is 2.16. The monoisotopic (exact) mass is 402 g/mol. The van der Waals surface area contributed by atoms with Crippen LogP contribution in [0.1, 0.15) is 37.4 Å².